The second-order valence-corrected chi connectivity index (χ2v) is 3.89. The third-order valence-electron chi connectivity index (χ3n) is 2.20. The van der Waals surface area contributed by atoms with Gasteiger partial charge in [0.25, 0.3) is 0 Å². The molecule has 0 aliphatic carbocycles. The van der Waals surface area contributed by atoms with Crippen LogP contribution in [0.2, 0.25) is 0 Å². The molecule has 0 aromatic carbocycles. The zero-order chi connectivity index (χ0) is 12.9. The molecule has 0 bridgehead atoms. The number of carboxylic acids is 1. The molecule has 0 fully saturated rings. The Bertz CT molecular complexity index is 403. The number of aliphatic carboxylic acids is 1. The minimum atomic E-state index is -1.95. The molecule has 17 heavy (non-hydrogen) atoms. The molecule has 0 radical (unpaired) electrons. The molecule has 92 valence electrons. The van der Waals surface area contributed by atoms with Crippen LogP contribution in [0.5, 0.6) is 0 Å². The minimum Gasteiger partial charge on any atom is -0.479 e. The first kappa shape index (κ1) is 13.1. The van der Waals surface area contributed by atoms with Gasteiger partial charge in [0, 0.05) is 12.4 Å². The lowest BCUT2D eigenvalue weighted by Gasteiger charge is -2.18. The number of rotatable bonds is 5. The summed E-state index contributed by atoms with van der Waals surface area (Å²) in [4.78, 5) is 25.8. The Labute approximate surface area is 98.3 Å². The Morgan fingerprint density at radius 2 is 2.00 bits per heavy atom. The molecule has 1 rings (SSSR count). The quantitative estimate of drug-likeness (QED) is 0.646. The van der Waals surface area contributed by atoms with Crippen LogP contribution in [-0.2, 0) is 16.0 Å². The normalized spacial score (nSPS) is 13.8. The second-order valence-electron chi connectivity index (χ2n) is 3.89. The largest absolute Gasteiger partial charge is 0.479 e. The molecular formula is C11H14N2O4. The van der Waals surface area contributed by atoms with Crippen molar-refractivity contribution < 1.29 is 19.8 Å². The summed E-state index contributed by atoms with van der Waals surface area (Å²) < 4.78 is 0. The van der Waals surface area contributed by atoms with Crippen molar-refractivity contribution in [2.24, 2.45) is 0 Å². The summed E-state index contributed by atoms with van der Waals surface area (Å²) in [5.41, 5.74) is -1.18. The van der Waals surface area contributed by atoms with Crippen molar-refractivity contribution in [2.45, 2.75) is 18.9 Å². The van der Waals surface area contributed by atoms with E-state index in [4.69, 9.17) is 5.11 Å². The van der Waals surface area contributed by atoms with Crippen LogP contribution >= 0.6 is 0 Å². The number of amides is 1. The molecule has 0 aliphatic rings. The molecule has 0 spiro atoms. The number of hydrogen-bond donors (Lipinski definition) is 3. The van der Waals surface area contributed by atoms with Gasteiger partial charge in [0.2, 0.25) is 5.91 Å². The van der Waals surface area contributed by atoms with E-state index in [1.54, 1.807) is 24.5 Å². The predicted molar refractivity (Wildman–Crippen MR) is 59.2 cm³/mol. The van der Waals surface area contributed by atoms with Crippen LogP contribution in [0.25, 0.3) is 0 Å². The number of aliphatic hydroxyl groups is 1. The van der Waals surface area contributed by atoms with Crippen molar-refractivity contribution in [3.8, 4) is 0 Å². The molecule has 1 unspecified atom stereocenters. The molecular weight excluding hydrogens is 224 g/mol. The van der Waals surface area contributed by atoms with Crippen LogP contribution in [0, 0.1) is 0 Å². The molecule has 3 N–H and O–H groups in total. The van der Waals surface area contributed by atoms with Gasteiger partial charge in [-0.2, -0.15) is 0 Å². The van der Waals surface area contributed by atoms with Gasteiger partial charge in [-0.25, -0.2) is 4.79 Å². The first-order valence-corrected chi connectivity index (χ1v) is 5.03. The summed E-state index contributed by atoms with van der Waals surface area (Å²) in [6, 6.07) is 3.38. The summed E-state index contributed by atoms with van der Waals surface area (Å²) in [7, 11) is 0. The first-order chi connectivity index (χ1) is 7.92. The highest BCUT2D eigenvalue weighted by atomic mass is 16.4. The summed E-state index contributed by atoms with van der Waals surface area (Å²) >= 11 is 0. The summed E-state index contributed by atoms with van der Waals surface area (Å²) in [6.45, 7) is 0.800. The number of carboxylic acid groups (broad SMARTS) is 1. The van der Waals surface area contributed by atoms with Crippen LogP contribution in [-0.4, -0.2) is 39.2 Å². The zero-order valence-corrected chi connectivity index (χ0v) is 9.38. The van der Waals surface area contributed by atoms with Gasteiger partial charge in [-0.15, -0.1) is 0 Å². The van der Waals surface area contributed by atoms with Crippen LogP contribution in [0.3, 0.4) is 0 Å². The van der Waals surface area contributed by atoms with Gasteiger partial charge >= 0.3 is 5.97 Å². The van der Waals surface area contributed by atoms with Crippen molar-refractivity contribution in [3.05, 3.63) is 30.1 Å². The number of aromatic nitrogens is 1. The van der Waals surface area contributed by atoms with Crippen LogP contribution in [0.15, 0.2) is 24.5 Å². The lowest BCUT2D eigenvalue weighted by Crippen LogP contribution is -2.46. The predicted octanol–water partition coefficient (Wildman–Crippen LogP) is -0.424. The highest BCUT2D eigenvalue weighted by Crippen LogP contribution is 2.02. The van der Waals surface area contributed by atoms with E-state index in [2.05, 4.69) is 10.3 Å². The topological polar surface area (TPSA) is 99.5 Å². The molecule has 1 heterocycles. The lowest BCUT2D eigenvalue weighted by molar-refractivity contribution is -0.156. The maximum absolute atomic E-state index is 11.4. The van der Waals surface area contributed by atoms with Gasteiger partial charge in [0.15, 0.2) is 5.60 Å². The lowest BCUT2D eigenvalue weighted by atomic mass is 10.1. The average molecular weight is 238 g/mol. The number of nitrogens with one attached hydrogen (secondary N) is 1. The third kappa shape index (κ3) is 4.20. The zero-order valence-electron chi connectivity index (χ0n) is 9.38. The fourth-order valence-corrected chi connectivity index (χ4v) is 1.09. The molecule has 1 amide bonds. The SMILES string of the molecule is CC(O)(CNC(=O)Cc1ccncc1)C(=O)O. The van der Waals surface area contributed by atoms with Crippen LogP contribution in [0.1, 0.15) is 12.5 Å². The molecule has 1 aromatic rings. The van der Waals surface area contributed by atoms with E-state index in [0.717, 1.165) is 12.5 Å². The summed E-state index contributed by atoms with van der Waals surface area (Å²) in [5.74, 6) is -1.72. The Balaban J connectivity index is 2.44. The molecule has 0 aliphatic heterocycles. The number of hydrogen-bond acceptors (Lipinski definition) is 4. The third-order valence-corrected chi connectivity index (χ3v) is 2.20. The molecule has 6 heteroatoms. The van der Waals surface area contributed by atoms with Crippen molar-refractivity contribution in [2.75, 3.05) is 6.54 Å². The second kappa shape index (κ2) is 5.40. The first-order valence-electron chi connectivity index (χ1n) is 5.03. The number of nitrogens with zero attached hydrogens (tertiary/aromatic N) is 1. The van der Waals surface area contributed by atoms with Gasteiger partial charge < -0.3 is 15.5 Å². The Morgan fingerprint density at radius 3 is 2.53 bits per heavy atom. The van der Waals surface area contributed by atoms with Crippen LogP contribution in [0.4, 0.5) is 0 Å². The van der Waals surface area contributed by atoms with Crippen LogP contribution < -0.4 is 5.32 Å². The molecule has 0 saturated carbocycles. The van der Waals surface area contributed by atoms with E-state index in [0.29, 0.717) is 0 Å². The molecule has 1 aromatic heterocycles. The fourth-order valence-electron chi connectivity index (χ4n) is 1.09. The highest BCUT2D eigenvalue weighted by molar-refractivity contribution is 5.81. The molecule has 0 saturated heterocycles. The van der Waals surface area contributed by atoms with Gasteiger partial charge in [-0.05, 0) is 24.6 Å². The van der Waals surface area contributed by atoms with E-state index < -0.39 is 11.6 Å². The van der Waals surface area contributed by atoms with Crippen molar-refractivity contribution >= 4 is 11.9 Å². The van der Waals surface area contributed by atoms with Gasteiger partial charge in [-0.3, -0.25) is 9.78 Å². The minimum absolute atomic E-state index is 0.123. The van der Waals surface area contributed by atoms with E-state index >= 15 is 0 Å². The van der Waals surface area contributed by atoms with Gasteiger partial charge in [-0.1, -0.05) is 0 Å². The smallest absolute Gasteiger partial charge is 0.337 e. The summed E-state index contributed by atoms with van der Waals surface area (Å²) in [6.07, 6.45) is 3.25. The van der Waals surface area contributed by atoms with Gasteiger partial charge in [0.1, 0.15) is 0 Å². The van der Waals surface area contributed by atoms with Crippen molar-refractivity contribution in [3.63, 3.8) is 0 Å². The maximum Gasteiger partial charge on any atom is 0.337 e. The molecule has 1 atom stereocenters. The fraction of sp³-hybridized carbons (Fsp3) is 0.364. The highest BCUT2D eigenvalue weighted by Gasteiger charge is 2.30. The Hall–Kier alpha value is -1.95. The van der Waals surface area contributed by atoms with E-state index in [9.17, 15) is 14.7 Å². The number of carbonyl (C=O) groups excluding carboxylic acids is 1. The molecule has 6 nitrogen and oxygen atoms in total. The Kier molecular flexibility index (Phi) is 4.17. The van der Waals surface area contributed by atoms with Crippen molar-refractivity contribution in [1.82, 2.24) is 10.3 Å². The van der Waals surface area contributed by atoms with Gasteiger partial charge in [0.05, 0.1) is 13.0 Å². The number of pyridine rings is 1. The summed E-state index contributed by atoms with van der Waals surface area (Å²) in [5, 5.41) is 20.4. The van der Waals surface area contributed by atoms with Crippen molar-refractivity contribution in [1.29, 1.82) is 0 Å². The monoisotopic (exact) mass is 238 g/mol. The van der Waals surface area contributed by atoms with E-state index in [1.807, 2.05) is 0 Å². The average Bonchev–Trinajstić information content (AvgIpc) is 2.28. The van der Waals surface area contributed by atoms with E-state index in [1.165, 1.54) is 0 Å². The standard InChI is InChI=1S/C11H14N2O4/c1-11(17,10(15)16)7-13-9(14)6-8-2-4-12-5-3-8/h2-5,17H,6-7H2,1H3,(H,13,14)(H,15,16). The maximum atomic E-state index is 11.4. The number of carbonyl (C=O) groups is 2. The Morgan fingerprint density at radius 1 is 1.41 bits per heavy atom. The van der Waals surface area contributed by atoms with E-state index in [-0.39, 0.29) is 18.9 Å².